The van der Waals surface area contributed by atoms with E-state index < -0.39 is 17.0 Å². The number of hydrogen-bond donors (Lipinski definition) is 2. The molecule has 1 aliphatic heterocycles. The average Bonchev–Trinajstić information content (AvgIpc) is 1.85. The Balaban J connectivity index is 0. The normalized spacial score (nSPS) is 32.4. The smallest absolute Gasteiger partial charge is 1.00 e. The molecule has 6 heteroatoms. The minimum Gasteiger partial charge on any atom is -1.00 e. The Hall–Kier alpha value is 0.970. The molecule has 1 aliphatic rings. The number of hydrogen-bond acceptors (Lipinski definition) is 5. The molecule has 2 atom stereocenters. The summed E-state index contributed by atoms with van der Waals surface area (Å²) in [5.74, 6) is 0. The minimum atomic E-state index is -0.704. The predicted molar refractivity (Wildman–Crippen MR) is 34.2 cm³/mol. The molecule has 0 radical (unpaired) electrons. The van der Waals surface area contributed by atoms with Gasteiger partial charge in [-0.25, -0.2) is 4.79 Å². The number of ether oxygens (including phenoxy) is 2. The topological polar surface area (TPSA) is 35.5 Å². The zero-order valence-corrected chi connectivity index (χ0v) is 8.56. The average molecular weight is 176 g/mol. The van der Waals surface area contributed by atoms with Crippen molar-refractivity contribution in [2.24, 2.45) is 0 Å². The van der Waals surface area contributed by atoms with Gasteiger partial charge in [0, 0.05) is 0 Å². The molecule has 1 heterocycles. The summed E-state index contributed by atoms with van der Waals surface area (Å²) in [6.07, 6.45) is -0.704. The van der Waals surface area contributed by atoms with Gasteiger partial charge in [0.25, 0.3) is 0 Å². The van der Waals surface area contributed by atoms with E-state index in [0.717, 1.165) is 0 Å². The van der Waals surface area contributed by atoms with Crippen molar-refractivity contribution in [1.82, 2.24) is 0 Å². The molecule has 0 saturated carbocycles. The molecule has 0 bridgehead atoms. The molecule has 0 spiro atoms. The van der Waals surface area contributed by atoms with Crippen molar-refractivity contribution >= 4 is 31.4 Å². The maximum Gasteiger partial charge on any atom is 1.00 e. The second-order valence-corrected chi connectivity index (χ2v) is 2.28. The van der Waals surface area contributed by atoms with Gasteiger partial charge in [-0.2, -0.15) is 0 Å². The van der Waals surface area contributed by atoms with Crippen molar-refractivity contribution in [3.05, 3.63) is 0 Å². The van der Waals surface area contributed by atoms with Gasteiger partial charge in [0.2, 0.25) is 0 Å². The van der Waals surface area contributed by atoms with E-state index in [0.29, 0.717) is 0 Å². The van der Waals surface area contributed by atoms with Crippen molar-refractivity contribution in [2.75, 3.05) is 0 Å². The van der Waals surface area contributed by atoms with E-state index in [9.17, 15) is 4.79 Å². The SMILES string of the molecule is O=C1OC(S)C(S)O1.[H-].[Na+]. The van der Waals surface area contributed by atoms with Crippen LogP contribution in [0, 0.1) is 0 Å². The van der Waals surface area contributed by atoms with Crippen molar-refractivity contribution in [3.8, 4) is 0 Å². The summed E-state index contributed by atoms with van der Waals surface area (Å²) in [6.45, 7) is 0. The van der Waals surface area contributed by atoms with Crippen LogP contribution in [0.2, 0.25) is 0 Å². The first-order valence-corrected chi connectivity index (χ1v) is 2.97. The van der Waals surface area contributed by atoms with Crippen LogP contribution in [0.5, 0.6) is 0 Å². The first-order chi connectivity index (χ1) is 3.70. The van der Waals surface area contributed by atoms with Gasteiger partial charge in [-0.1, -0.05) is 0 Å². The molecule has 0 aromatic heterocycles. The third-order valence-electron chi connectivity index (χ3n) is 0.678. The third-order valence-corrected chi connectivity index (χ3v) is 1.67. The van der Waals surface area contributed by atoms with E-state index in [1.54, 1.807) is 0 Å². The van der Waals surface area contributed by atoms with E-state index >= 15 is 0 Å². The largest absolute Gasteiger partial charge is 1.00 e. The van der Waals surface area contributed by atoms with Gasteiger partial charge in [-0.05, 0) is 0 Å². The standard InChI is InChI=1S/C3H4O3S2.Na.H/c4-3-5-1(7)2(8)6-3;;/h1-2,7-8H;;/q;+1;-1. The summed E-state index contributed by atoms with van der Waals surface area (Å²) in [6, 6.07) is 0. The Morgan fingerprint density at radius 1 is 1.33 bits per heavy atom. The molecule has 1 saturated heterocycles. The van der Waals surface area contributed by atoms with Crippen LogP contribution in [0.1, 0.15) is 1.43 Å². The second kappa shape index (κ2) is 3.98. The molecular formula is C3H5NaO3S2. The molecule has 9 heavy (non-hydrogen) atoms. The van der Waals surface area contributed by atoms with E-state index in [2.05, 4.69) is 34.7 Å². The molecule has 0 aromatic carbocycles. The molecule has 2 unspecified atom stereocenters. The fourth-order valence-corrected chi connectivity index (χ4v) is 0.635. The Bertz CT molecular complexity index is 112. The monoisotopic (exact) mass is 176 g/mol. The maximum atomic E-state index is 10.1. The van der Waals surface area contributed by atoms with Gasteiger partial charge >= 0.3 is 35.7 Å². The summed E-state index contributed by atoms with van der Waals surface area (Å²) in [7, 11) is 0. The van der Waals surface area contributed by atoms with E-state index in [4.69, 9.17) is 0 Å². The summed E-state index contributed by atoms with van der Waals surface area (Å²) >= 11 is 7.60. The van der Waals surface area contributed by atoms with Crippen LogP contribution in [0.15, 0.2) is 0 Å². The number of cyclic esters (lactones) is 2. The van der Waals surface area contributed by atoms with Gasteiger partial charge < -0.3 is 10.9 Å². The number of carbonyl (C=O) groups excluding carboxylic acids is 1. The number of carbonyl (C=O) groups is 1. The third kappa shape index (κ3) is 2.59. The van der Waals surface area contributed by atoms with Crippen molar-refractivity contribution < 1.29 is 45.3 Å². The summed E-state index contributed by atoms with van der Waals surface area (Å²) < 4.78 is 8.80. The molecular weight excluding hydrogens is 171 g/mol. The van der Waals surface area contributed by atoms with Crippen molar-refractivity contribution in [1.29, 1.82) is 0 Å². The Kier molecular flexibility index (Phi) is 4.41. The van der Waals surface area contributed by atoms with Crippen LogP contribution in [0.4, 0.5) is 4.79 Å². The quantitative estimate of drug-likeness (QED) is 0.249. The zero-order valence-electron chi connectivity index (χ0n) is 5.77. The predicted octanol–water partition coefficient (Wildman–Crippen LogP) is -2.22. The molecule has 0 amide bonds. The Morgan fingerprint density at radius 2 is 1.67 bits per heavy atom. The first-order valence-electron chi connectivity index (χ1n) is 1.93. The fraction of sp³-hybridized carbons (Fsp3) is 0.667. The van der Waals surface area contributed by atoms with Gasteiger partial charge in [0.1, 0.15) is 0 Å². The number of thiol groups is 2. The first kappa shape index (κ1) is 9.97. The summed E-state index contributed by atoms with van der Waals surface area (Å²) in [5.41, 5.74) is -1.04. The van der Waals surface area contributed by atoms with Gasteiger partial charge in [0.05, 0.1) is 0 Å². The zero-order chi connectivity index (χ0) is 6.15. The second-order valence-electron chi connectivity index (χ2n) is 1.27. The minimum absolute atomic E-state index is 0. The van der Waals surface area contributed by atoms with E-state index in [1.165, 1.54) is 0 Å². The Labute approximate surface area is 87.1 Å². The van der Waals surface area contributed by atoms with Crippen LogP contribution in [-0.2, 0) is 9.47 Å². The van der Waals surface area contributed by atoms with E-state index in [1.807, 2.05) is 0 Å². The Morgan fingerprint density at radius 3 is 1.78 bits per heavy atom. The van der Waals surface area contributed by atoms with Gasteiger partial charge in [0.15, 0.2) is 10.9 Å². The van der Waals surface area contributed by atoms with Crippen LogP contribution in [0.25, 0.3) is 0 Å². The van der Waals surface area contributed by atoms with Gasteiger partial charge in [-0.15, -0.1) is 25.3 Å². The molecule has 48 valence electrons. The van der Waals surface area contributed by atoms with Crippen molar-refractivity contribution in [2.45, 2.75) is 10.9 Å². The molecule has 0 aromatic rings. The molecule has 1 fully saturated rings. The summed E-state index contributed by atoms with van der Waals surface area (Å²) in [5, 5.41) is 0. The molecule has 3 nitrogen and oxygen atoms in total. The molecule has 0 aliphatic carbocycles. The van der Waals surface area contributed by atoms with Crippen LogP contribution < -0.4 is 29.6 Å². The maximum absolute atomic E-state index is 10.1. The van der Waals surface area contributed by atoms with Crippen LogP contribution in [0.3, 0.4) is 0 Å². The van der Waals surface area contributed by atoms with E-state index in [-0.39, 0.29) is 31.0 Å². The van der Waals surface area contributed by atoms with Gasteiger partial charge in [-0.3, -0.25) is 0 Å². The van der Waals surface area contributed by atoms with Crippen LogP contribution in [-0.4, -0.2) is 17.0 Å². The molecule has 0 N–H and O–H groups in total. The number of rotatable bonds is 0. The van der Waals surface area contributed by atoms with Crippen molar-refractivity contribution in [3.63, 3.8) is 0 Å². The molecule has 1 rings (SSSR count). The van der Waals surface area contributed by atoms with Crippen LogP contribution >= 0.6 is 25.3 Å². The fourth-order valence-electron chi connectivity index (χ4n) is 0.341. The summed E-state index contributed by atoms with van der Waals surface area (Å²) in [4.78, 5) is 10.1.